The van der Waals surface area contributed by atoms with E-state index in [2.05, 4.69) is 16.0 Å². The summed E-state index contributed by atoms with van der Waals surface area (Å²) in [7, 11) is 0. The van der Waals surface area contributed by atoms with E-state index < -0.39 is 6.04 Å². The molecule has 2 fully saturated rings. The van der Waals surface area contributed by atoms with Gasteiger partial charge in [0.2, 0.25) is 17.7 Å². The molecule has 0 bridgehead atoms. The van der Waals surface area contributed by atoms with Gasteiger partial charge in [-0.3, -0.25) is 14.4 Å². The van der Waals surface area contributed by atoms with Crippen LogP contribution in [0.2, 0.25) is 0 Å². The van der Waals surface area contributed by atoms with Gasteiger partial charge in [-0.2, -0.15) is 11.8 Å². The predicted octanol–water partition coefficient (Wildman–Crippen LogP) is 2.42. The van der Waals surface area contributed by atoms with Gasteiger partial charge in [-0.05, 0) is 36.5 Å². The maximum atomic E-state index is 12.6. The third-order valence-corrected chi connectivity index (χ3v) is 8.27. The molecule has 0 aromatic carbocycles. The second-order valence-electron chi connectivity index (χ2n) is 9.08. The third kappa shape index (κ3) is 8.40. The minimum absolute atomic E-state index is 0.0335. The topological polar surface area (TPSA) is 87.3 Å². The molecule has 1 aliphatic carbocycles. The number of nitrogens with one attached hydrogen (secondary N) is 3. The van der Waals surface area contributed by atoms with Crippen molar-refractivity contribution in [1.29, 1.82) is 0 Å². The average Bonchev–Trinajstić information content (AvgIpc) is 3.44. The van der Waals surface area contributed by atoms with E-state index in [1.165, 1.54) is 0 Å². The first-order valence-corrected chi connectivity index (χ1v) is 13.0. The highest BCUT2D eigenvalue weighted by Crippen LogP contribution is 2.48. The molecular formula is C21H37N3O3S2. The maximum Gasteiger partial charge on any atom is 0.242 e. The van der Waals surface area contributed by atoms with Crippen LogP contribution in [0.5, 0.6) is 0 Å². The van der Waals surface area contributed by atoms with Gasteiger partial charge in [0.25, 0.3) is 0 Å². The van der Waals surface area contributed by atoms with Crippen molar-refractivity contribution in [2.75, 3.05) is 30.3 Å². The summed E-state index contributed by atoms with van der Waals surface area (Å²) in [5.41, 5.74) is 0.129. The zero-order chi connectivity index (χ0) is 21.4. The molecule has 29 heavy (non-hydrogen) atoms. The summed E-state index contributed by atoms with van der Waals surface area (Å²) in [6.07, 6.45) is 3.47. The highest BCUT2D eigenvalue weighted by molar-refractivity contribution is 8.07. The molecule has 1 heterocycles. The first-order valence-electron chi connectivity index (χ1n) is 10.8. The zero-order valence-electron chi connectivity index (χ0n) is 18.2. The quantitative estimate of drug-likeness (QED) is 0.456. The molecule has 0 radical (unpaired) electrons. The lowest BCUT2D eigenvalue weighted by Gasteiger charge is -2.24. The molecule has 0 spiro atoms. The van der Waals surface area contributed by atoms with Crippen molar-refractivity contribution in [3.05, 3.63) is 0 Å². The number of carbonyl (C=O) groups excluding carboxylic acids is 3. The molecule has 2 atom stereocenters. The van der Waals surface area contributed by atoms with E-state index in [0.29, 0.717) is 19.5 Å². The first kappa shape index (κ1) is 24.4. The van der Waals surface area contributed by atoms with Crippen molar-refractivity contribution >= 4 is 41.2 Å². The van der Waals surface area contributed by atoms with Crippen molar-refractivity contribution in [2.45, 2.75) is 64.7 Å². The molecule has 6 nitrogen and oxygen atoms in total. The van der Waals surface area contributed by atoms with E-state index in [1.54, 1.807) is 11.8 Å². The summed E-state index contributed by atoms with van der Waals surface area (Å²) in [5.74, 6) is 3.34. The summed E-state index contributed by atoms with van der Waals surface area (Å²) >= 11 is 3.60. The fourth-order valence-electron chi connectivity index (χ4n) is 3.42. The number of thioether (sulfide) groups is 2. The lowest BCUT2D eigenvalue weighted by Crippen LogP contribution is -2.50. The summed E-state index contributed by atoms with van der Waals surface area (Å²) < 4.78 is 0. The smallest absolute Gasteiger partial charge is 0.242 e. The molecular weight excluding hydrogens is 406 g/mol. The van der Waals surface area contributed by atoms with Crippen LogP contribution in [0.3, 0.4) is 0 Å². The molecule has 2 aliphatic rings. The van der Waals surface area contributed by atoms with Crippen LogP contribution in [0.25, 0.3) is 0 Å². The van der Waals surface area contributed by atoms with Crippen molar-refractivity contribution in [2.24, 2.45) is 17.3 Å². The molecule has 1 aliphatic heterocycles. The van der Waals surface area contributed by atoms with Crippen LogP contribution in [0.15, 0.2) is 0 Å². The molecule has 3 amide bonds. The molecule has 0 aromatic heterocycles. The van der Waals surface area contributed by atoms with Gasteiger partial charge in [-0.15, -0.1) is 11.8 Å². The third-order valence-electron chi connectivity index (χ3n) is 5.52. The minimum atomic E-state index is -0.503. The van der Waals surface area contributed by atoms with Gasteiger partial charge in [0.05, 0.1) is 5.25 Å². The van der Waals surface area contributed by atoms with Crippen molar-refractivity contribution in [3.8, 4) is 0 Å². The molecule has 0 aromatic rings. The monoisotopic (exact) mass is 443 g/mol. The van der Waals surface area contributed by atoms with Gasteiger partial charge in [-0.1, -0.05) is 27.7 Å². The maximum absolute atomic E-state index is 12.6. The highest BCUT2D eigenvalue weighted by Gasteiger charge is 2.42. The number of hydrogen-bond acceptors (Lipinski definition) is 5. The van der Waals surface area contributed by atoms with E-state index >= 15 is 0 Å². The lowest BCUT2D eigenvalue weighted by atomic mass is 10.0. The Labute approximate surface area is 183 Å². The molecule has 1 saturated heterocycles. The molecule has 166 valence electrons. The summed E-state index contributed by atoms with van der Waals surface area (Å²) in [5, 5.41) is 9.08. The second kappa shape index (κ2) is 11.5. The van der Waals surface area contributed by atoms with Gasteiger partial charge in [0.1, 0.15) is 6.04 Å². The minimum Gasteiger partial charge on any atom is -0.355 e. The van der Waals surface area contributed by atoms with Crippen LogP contribution in [-0.2, 0) is 14.4 Å². The van der Waals surface area contributed by atoms with Crippen LogP contribution in [0, 0.1) is 17.3 Å². The van der Waals surface area contributed by atoms with Gasteiger partial charge >= 0.3 is 0 Å². The fraction of sp³-hybridized carbons (Fsp3) is 0.857. The Morgan fingerprint density at radius 3 is 2.34 bits per heavy atom. The Hall–Kier alpha value is -0.890. The Morgan fingerprint density at radius 2 is 1.79 bits per heavy atom. The molecule has 1 saturated carbocycles. The summed E-state index contributed by atoms with van der Waals surface area (Å²) in [4.78, 5) is 37.0. The first-order chi connectivity index (χ1) is 13.7. The van der Waals surface area contributed by atoms with E-state index in [0.717, 1.165) is 36.5 Å². The van der Waals surface area contributed by atoms with Gasteiger partial charge < -0.3 is 16.0 Å². The number of carbonyl (C=O) groups is 3. The normalized spacial score (nSPS) is 21.5. The molecule has 2 unspecified atom stereocenters. The number of hydrogen-bond donors (Lipinski definition) is 3. The summed E-state index contributed by atoms with van der Waals surface area (Å²) in [6.45, 7) is 9.14. The van der Waals surface area contributed by atoms with E-state index in [1.807, 2.05) is 39.5 Å². The van der Waals surface area contributed by atoms with E-state index in [9.17, 15) is 14.4 Å². The zero-order valence-corrected chi connectivity index (χ0v) is 19.8. The Balaban J connectivity index is 1.71. The van der Waals surface area contributed by atoms with Crippen molar-refractivity contribution in [3.63, 3.8) is 0 Å². The van der Waals surface area contributed by atoms with Crippen LogP contribution in [0.4, 0.5) is 0 Å². The van der Waals surface area contributed by atoms with Gasteiger partial charge in [0, 0.05) is 36.8 Å². The predicted molar refractivity (Wildman–Crippen MR) is 122 cm³/mol. The molecule has 3 N–H and O–H groups in total. The van der Waals surface area contributed by atoms with Crippen LogP contribution in [0.1, 0.15) is 53.4 Å². The van der Waals surface area contributed by atoms with Crippen molar-refractivity contribution < 1.29 is 14.4 Å². The largest absolute Gasteiger partial charge is 0.355 e. The van der Waals surface area contributed by atoms with Crippen LogP contribution in [-0.4, -0.2) is 59.4 Å². The van der Waals surface area contributed by atoms with Gasteiger partial charge in [-0.25, -0.2) is 0 Å². The second-order valence-corrected chi connectivity index (χ2v) is 11.5. The molecule has 8 heteroatoms. The van der Waals surface area contributed by atoms with E-state index in [4.69, 9.17) is 0 Å². The van der Waals surface area contributed by atoms with E-state index in [-0.39, 0.29) is 40.2 Å². The highest BCUT2D eigenvalue weighted by atomic mass is 32.2. The Kier molecular flexibility index (Phi) is 9.66. The number of rotatable bonds is 11. The summed E-state index contributed by atoms with van der Waals surface area (Å²) in [6, 6.07) is -0.503. The van der Waals surface area contributed by atoms with Gasteiger partial charge in [0.15, 0.2) is 0 Å². The fourth-order valence-corrected chi connectivity index (χ4v) is 6.00. The molecule has 2 rings (SSSR count). The Morgan fingerprint density at radius 1 is 1.07 bits per heavy atom. The number of amides is 3. The van der Waals surface area contributed by atoms with Crippen LogP contribution >= 0.6 is 23.5 Å². The van der Waals surface area contributed by atoms with Crippen molar-refractivity contribution in [1.82, 2.24) is 16.0 Å². The van der Waals surface area contributed by atoms with Crippen LogP contribution < -0.4 is 16.0 Å². The lowest BCUT2D eigenvalue weighted by molar-refractivity contribution is -0.130. The average molecular weight is 444 g/mol. The Bertz CT molecular complexity index is 574. The SMILES string of the molecule is CC(C)CC(=O)NC(C(=O)NCCC1(CNC(=O)C2CSCCS2)CC1)C(C)C. The standard InChI is InChI=1S/C21H37N3O3S2/c1-14(2)11-17(25)24-18(15(3)4)20(27)22-8-7-21(5-6-21)13-23-19(26)16-12-28-9-10-29-16/h14-16,18H,5-13H2,1-4H3,(H,22,27)(H,23,26)(H,24,25).